The Morgan fingerprint density at radius 2 is 2.00 bits per heavy atom. The number of sulfone groups is 1. The van der Waals surface area contributed by atoms with Crippen molar-refractivity contribution in [1.82, 2.24) is 5.32 Å². The molecule has 3 nitrogen and oxygen atoms in total. The fraction of sp³-hybridized carbons (Fsp3) is 0.800. The summed E-state index contributed by atoms with van der Waals surface area (Å²) >= 11 is 0. The molecule has 0 rings (SSSR count). The van der Waals surface area contributed by atoms with Crippen LogP contribution >= 0.6 is 0 Å². The van der Waals surface area contributed by atoms with Gasteiger partial charge in [-0.25, -0.2) is 8.42 Å². The van der Waals surface area contributed by atoms with Gasteiger partial charge < -0.3 is 5.32 Å². The first-order chi connectivity index (χ1) is 6.37. The van der Waals surface area contributed by atoms with Crippen LogP contribution in [-0.2, 0) is 9.84 Å². The minimum absolute atomic E-state index is 0.224. The van der Waals surface area contributed by atoms with Crippen molar-refractivity contribution in [2.24, 2.45) is 5.92 Å². The average molecular weight is 219 g/mol. The van der Waals surface area contributed by atoms with Crippen LogP contribution in [0.25, 0.3) is 0 Å². The third kappa shape index (κ3) is 6.95. The van der Waals surface area contributed by atoms with E-state index in [1.54, 1.807) is 0 Å². The lowest BCUT2D eigenvalue weighted by atomic mass is 10.1. The first kappa shape index (κ1) is 13.5. The lowest BCUT2D eigenvalue weighted by Crippen LogP contribution is -2.19. The van der Waals surface area contributed by atoms with E-state index in [1.165, 1.54) is 11.7 Å². The molecule has 0 bridgehead atoms. The average Bonchev–Trinajstić information content (AvgIpc) is 2.00. The quantitative estimate of drug-likeness (QED) is 0.694. The van der Waals surface area contributed by atoms with Gasteiger partial charge in [0, 0.05) is 23.9 Å². The van der Waals surface area contributed by atoms with Gasteiger partial charge in [-0.15, -0.1) is 0 Å². The Morgan fingerprint density at radius 3 is 2.36 bits per heavy atom. The molecule has 0 aromatic rings. The van der Waals surface area contributed by atoms with E-state index in [-0.39, 0.29) is 5.92 Å². The van der Waals surface area contributed by atoms with Gasteiger partial charge in [0.25, 0.3) is 0 Å². The molecule has 1 N–H and O–H groups in total. The molecule has 0 unspecified atom stereocenters. The van der Waals surface area contributed by atoms with E-state index in [0.717, 1.165) is 25.1 Å². The van der Waals surface area contributed by atoms with Crippen molar-refractivity contribution in [2.45, 2.75) is 33.6 Å². The van der Waals surface area contributed by atoms with Gasteiger partial charge in [-0.1, -0.05) is 27.2 Å². The highest BCUT2D eigenvalue weighted by molar-refractivity contribution is 7.93. The lowest BCUT2D eigenvalue weighted by Gasteiger charge is -2.13. The van der Waals surface area contributed by atoms with E-state index in [4.69, 9.17) is 0 Å². The predicted molar refractivity (Wildman–Crippen MR) is 60.7 cm³/mol. The molecule has 14 heavy (non-hydrogen) atoms. The largest absolute Gasteiger partial charge is 0.388 e. The highest BCUT2D eigenvalue weighted by Gasteiger charge is 2.06. The van der Waals surface area contributed by atoms with E-state index >= 15 is 0 Å². The fourth-order valence-corrected chi connectivity index (χ4v) is 1.84. The van der Waals surface area contributed by atoms with Crippen molar-refractivity contribution in [3.8, 4) is 0 Å². The van der Waals surface area contributed by atoms with Crippen molar-refractivity contribution in [3.63, 3.8) is 0 Å². The van der Waals surface area contributed by atoms with Crippen LogP contribution in [0.3, 0.4) is 0 Å². The molecule has 0 aliphatic carbocycles. The number of allylic oxidation sites excluding steroid dienone is 1. The van der Waals surface area contributed by atoms with Crippen LogP contribution in [0, 0.1) is 5.92 Å². The first-order valence-electron chi connectivity index (χ1n) is 5.02. The monoisotopic (exact) mass is 219 g/mol. The van der Waals surface area contributed by atoms with Gasteiger partial charge in [0.1, 0.15) is 0 Å². The second kappa shape index (κ2) is 6.06. The van der Waals surface area contributed by atoms with E-state index in [9.17, 15) is 8.42 Å². The Labute approximate surface area is 87.5 Å². The molecule has 0 aliphatic heterocycles. The van der Waals surface area contributed by atoms with Gasteiger partial charge in [0.05, 0.1) is 0 Å². The van der Waals surface area contributed by atoms with Crippen LogP contribution in [0.4, 0.5) is 0 Å². The molecular weight excluding hydrogens is 198 g/mol. The topological polar surface area (TPSA) is 46.2 Å². The molecule has 0 heterocycles. The van der Waals surface area contributed by atoms with Gasteiger partial charge in [-0.3, -0.25) is 0 Å². The number of nitrogens with one attached hydrogen (secondary N) is 1. The summed E-state index contributed by atoms with van der Waals surface area (Å²) in [6, 6.07) is 0. The summed E-state index contributed by atoms with van der Waals surface area (Å²) in [5, 5.41) is 4.49. The number of rotatable bonds is 6. The summed E-state index contributed by atoms with van der Waals surface area (Å²) in [4.78, 5) is 0. The Morgan fingerprint density at radius 1 is 1.43 bits per heavy atom. The molecule has 84 valence electrons. The highest BCUT2D eigenvalue weighted by atomic mass is 32.2. The zero-order valence-electron chi connectivity index (χ0n) is 9.50. The fourth-order valence-electron chi connectivity index (χ4n) is 1.02. The van der Waals surface area contributed by atoms with Crippen molar-refractivity contribution < 1.29 is 8.42 Å². The molecule has 0 aromatic carbocycles. The normalized spacial score (nSPS) is 13.4. The Bertz CT molecular complexity index is 278. The summed E-state index contributed by atoms with van der Waals surface area (Å²) < 4.78 is 22.1. The maximum atomic E-state index is 11.1. The van der Waals surface area contributed by atoms with Crippen LogP contribution in [0.2, 0.25) is 0 Å². The second-order valence-electron chi connectivity index (χ2n) is 3.84. The third-order valence-electron chi connectivity index (χ3n) is 1.82. The molecular formula is C10H21NO2S. The van der Waals surface area contributed by atoms with Crippen molar-refractivity contribution in [1.29, 1.82) is 0 Å². The highest BCUT2D eigenvalue weighted by Crippen LogP contribution is 2.07. The SMILES string of the molecule is CCCCNC(=CS(C)(=O)=O)C(C)C. The number of hydrogen-bond acceptors (Lipinski definition) is 3. The van der Waals surface area contributed by atoms with Crippen molar-refractivity contribution in [2.75, 3.05) is 12.8 Å². The molecule has 0 aromatic heterocycles. The molecule has 0 amide bonds. The minimum Gasteiger partial charge on any atom is -0.388 e. The molecule has 0 saturated carbocycles. The van der Waals surface area contributed by atoms with Crippen molar-refractivity contribution in [3.05, 3.63) is 11.1 Å². The molecule has 4 heteroatoms. The van der Waals surface area contributed by atoms with Crippen LogP contribution < -0.4 is 5.32 Å². The van der Waals surface area contributed by atoms with Gasteiger partial charge in [0.15, 0.2) is 9.84 Å². The minimum atomic E-state index is -3.03. The zero-order chi connectivity index (χ0) is 11.2. The maximum Gasteiger partial charge on any atom is 0.170 e. The summed E-state index contributed by atoms with van der Waals surface area (Å²) in [7, 11) is -3.03. The maximum absolute atomic E-state index is 11.1. The van der Waals surface area contributed by atoms with Gasteiger partial charge in [-0.05, 0) is 12.3 Å². The Hall–Kier alpha value is -0.510. The molecule has 0 saturated heterocycles. The summed E-state index contributed by atoms with van der Waals surface area (Å²) in [6.07, 6.45) is 3.39. The lowest BCUT2D eigenvalue weighted by molar-refractivity contribution is 0.603. The summed E-state index contributed by atoms with van der Waals surface area (Å²) in [5.41, 5.74) is 0.806. The van der Waals surface area contributed by atoms with Crippen LogP contribution in [0.15, 0.2) is 11.1 Å². The second-order valence-corrected chi connectivity index (χ2v) is 5.73. The number of hydrogen-bond donors (Lipinski definition) is 1. The third-order valence-corrected chi connectivity index (χ3v) is 2.50. The first-order valence-corrected chi connectivity index (χ1v) is 6.97. The van der Waals surface area contributed by atoms with Crippen LogP contribution in [0.1, 0.15) is 33.6 Å². The summed E-state index contributed by atoms with van der Waals surface area (Å²) in [6.45, 7) is 6.92. The van der Waals surface area contributed by atoms with E-state index < -0.39 is 9.84 Å². The van der Waals surface area contributed by atoms with Crippen LogP contribution in [0.5, 0.6) is 0 Å². The molecule has 0 fully saturated rings. The zero-order valence-corrected chi connectivity index (χ0v) is 10.3. The number of unbranched alkanes of at least 4 members (excludes halogenated alkanes) is 1. The molecule has 0 spiro atoms. The van der Waals surface area contributed by atoms with E-state index in [0.29, 0.717) is 0 Å². The summed E-state index contributed by atoms with van der Waals surface area (Å²) in [5.74, 6) is 0.224. The standard InChI is InChI=1S/C10H21NO2S/c1-5-6-7-11-10(9(2)3)8-14(4,12)13/h8-9,11H,5-7H2,1-4H3. The van der Waals surface area contributed by atoms with Gasteiger partial charge >= 0.3 is 0 Å². The molecule has 0 radical (unpaired) electrons. The van der Waals surface area contributed by atoms with Crippen molar-refractivity contribution >= 4 is 9.84 Å². The Kier molecular flexibility index (Phi) is 5.84. The van der Waals surface area contributed by atoms with Gasteiger partial charge in [0.2, 0.25) is 0 Å². The Balaban J connectivity index is 4.39. The smallest absolute Gasteiger partial charge is 0.170 e. The van der Waals surface area contributed by atoms with Gasteiger partial charge in [-0.2, -0.15) is 0 Å². The molecule has 0 aliphatic rings. The van der Waals surface area contributed by atoms with Crippen LogP contribution in [-0.4, -0.2) is 21.2 Å². The van der Waals surface area contributed by atoms with E-state index in [1.807, 2.05) is 13.8 Å². The predicted octanol–water partition coefficient (Wildman–Crippen LogP) is 1.92. The molecule has 0 atom stereocenters. The van der Waals surface area contributed by atoms with E-state index in [2.05, 4.69) is 12.2 Å².